The van der Waals surface area contributed by atoms with Crippen molar-refractivity contribution in [1.82, 2.24) is 9.97 Å². The van der Waals surface area contributed by atoms with Crippen molar-refractivity contribution in [2.45, 2.75) is 11.6 Å². The molecule has 2 heterocycles. The number of aromatic nitrogens is 2. The molecule has 1 aliphatic carbocycles. The minimum Gasteiger partial charge on any atom is -0.454 e. The Hall–Kier alpha value is -3.06. The number of ketones is 1. The minimum absolute atomic E-state index is 0.100. The van der Waals surface area contributed by atoms with Crippen molar-refractivity contribution in [1.29, 1.82) is 0 Å². The lowest BCUT2D eigenvalue weighted by Gasteiger charge is -2.25. The van der Waals surface area contributed by atoms with E-state index in [0.717, 1.165) is 16.7 Å². The predicted molar refractivity (Wildman–Crippen MR) is 112 cm³/mol. The molecule has 0 spiro atoms. The molecule has 31 heavy (non-hydrogen) atoms. The zero-order chi connectivity index (χ0) is 21.6. The molecule has 2 aromatic carbocycles. The molecule has 3 aromatic rings. The van der Waals surface area contributed by atoms with Crippen molar-refractivity contribution in [3.63, 3.8) is 0 Å². The molecule has 0 fully saturated rings. The third kappa shape index (κ3) is 3.15. The normalized spacial score (nSPS) is 19.5. The van der Waals surface area contributed by atoms with Gasteiger partial charge in [-0.3, -0.25) is 9.36 Å². The van der Waals surface area contributed by atoms with Gasteiger partial charge in [0.15, 0.2) is 17.3 Å². The fourth-order valence-electron chi connectivity index (χ4n) is 4.23. The van der Waals surface area contributed by atoms with E-state index in [1.165, 1.54) is 20.5 Å². The van der Waals surface area contributed by atoms with E-state index in [0.29, 0.717) is 22.6 Å². The fourth-order valence-corrected chi connectivity index (χ4v) is 5.96. The van der Waals surface area contributed by atoms with Gasteiger partial charge in [-0.05, 0) is 28.8 Å². The minimum atomic E-state index is -3.73. The Kier molecular flexibility index (Phi) is 4.85. The summed E-state index contributed by atoms with van der Waals surface area (Å²) in [6.45, 7) is 0.100. The lowest BCUT2D eigenvalue weighted by atomic mass is 9.91. The maximum absolute atomic E-state index is 13.4. The number of fused-ring (bicyclic) bond motifs is 2. The summed E-state index contributed by atoms with van der Waals surface area (Å²) >= 11 is 0. The highest BCUT2D eigenvalue weighted by atomic mass is 31.2. The van der Waals surface area contributed by atoms with Gasteiger partial charge in [-0.2, -0.15) is 0 Å². The number of benzene rings is 2. The fraction of sp³-hybridized carbons (Fsp3) is 0.227. The zero-order valence-electron chi connectivity index (χ0n) is 16.8. The van der Waals surface area contributed by atoms with Crippen LogP contribution in [0.2, 0.25) is 0 Å². The average molecular weight is 438 g/mol. The topological polar surface area (TPSA) is 96.8 Å². The van der Waals surface area contributed by atoms with Crippen molar-refractivity contribution in [3.05, 3.63) is 71.8 Å². The van der Waals surface area contributed by atoms with Gasteiger partial charge in [0, 0.05) is 43.7 Å². The van der Waals surface area contributed by atoms with Crippen LogP contribution >= 0.6 is 7.60 Å². The monoisotopic (exact) mass is 438 g/mol. The summed E-state index contributed by atoms with van der Waals surface area (Å²) in [4.78, 5) is 21.5. The second kappa shape index (κ2) is 7.57. The summed E-state index contributed by atoms with van der Waals surface area (Å²) in [7, 11) is -1.14. The molecule has 1 aliphatic heterocycles. The molecule has 0 saturated heterocycles. The molecule has 158 valence electrons. The van der Waals surface area contributed by atoms with Crippen LogP contribution in [0.1, 0.15) is 27.4 Å². The summed E-state index contributed by atoms with van der Waals surface area (Å²) < 4.78 is 34.9. The van der Waals surface area contributed by atoms with Crippen molar-refractivity contribution >= 4 is 13.4 Å². The van der Waals surface area contributed by atoms with Crippen LogP contribution in [-0.4, -0.2) is 42.4 Å². The summed E-state index contributed by atoms with van der Waals surface area (Å²) in [5.74, 6) is 0.227. The van der Waals surface area contributed by atoms with Crippen LogP contribution in [0.4, 0.5) is 0 Å². The van der Waals surface area contributed by atoms with Crippen molar-refractivity contribution < 1.29 is 27.9 Å². The molecule has 8 nitrogen and oxygen atoms in total. The van der Waals surface area contributed by atoms with Gasteiger partial charge in [-0.25, -0.2) is 9.97 Å². The number of hydrogen-bond acceptors (Lipinski definition) is 8. The van der Waals surface area contributed by atoms with E-state index in [2.05, 4.69) is 9.97 Å². The molecule has 0 bridgehead atoms. The Labute approximate surface area is 178 Å². The Morgan fingerprint density at radius 1 is 0.968 bits per heavy atom. The average Bonchev–Trinajstić information content (AvgIpc) is 3.40. The van der Waals surface area contributed by atoms with Gasteiger partial charge in [0.25, 0.3) is 0 Å². The van der Waals surface area contributed by atoms with Crippen LogP contribution in [0, 0.1) is 0 Å². The smallest absolute Gasteiger partial charge is 0.341 e. The van der Waals surface area contributed by atoms with Gasteiger partial charge in [0.1, 0.15) is 12.0 Å². The van der Waals surface area contributed by atoms with Gasteiger partial charge < -0.3 is 18.5 Å². The molecule has 0 saturated carbocycles. The Morgan fingerprint density at radius 2 is 1.61 bits per heavy atom. The number of Topliss-reactive ketones (excluding diaryl/α,β-unsaturated/α-hetero) is 1. The first kappa shape index (κ1) is 19.9. The summed E-state index contributed by atoms with van der Waals surface area (Å²) in [5.41, 5.74) is 2.75. The zero-order valence-corrected chi connectivity index (χ0v) is 17.7. The highest BCUT2D eigenvalue weighted by Crippen LogP contribution is 2.62. The number of carbonyl (C=O) groups excluding carboxylic acids is 1. The SMILES string of the molecule is COP(=O)(OC)C1C(=O)c2cc3c(cc2C1c1ccc(-c2cncnc2)cc1)OCO3. The van der Waals surface area contributed by atoms with E-state index in [1.807, 2.05) is 24.3 Å². The summed E-state index contributed by atoms with van der Waals surface area (Å²) in [5, 5.41) is 0. The molecule has 0 amide bonds. The van der Waals surface area contributed by atoms with Crippen LogP contribution in [-0.2, 0) is 13.6 Å². The molecular formula is C22H19N2O6P. The Bertz CT molecular complexity index is 1190. The summed E-state index contributed by atoms with van der Waals surface area (Å²) in [6, 6.07) is 11.1. The number of hydrogen-bond donors (Lipinski definition) is 0. The predicted octanol–water partition coefficient (Wildman–Crippen LogP) is 4.06. The highest BCUT2D eigenvalue weighted by Gasteiger charge is 2.53. The van der Waals surface area contributed by atoms with Crippen molar-refractivity contribution in [2.75, 3.05) is 21.0 Å². The second-order valence-electron chi connectivity index (χ2n) is 7.23. The quantitative estimate of drug-likeness (QED) is 0.551. The molecule has 2 atom stereocenters. The molecule has 0 N–H and O–H groups in total. The van der Waals surface area contributed by atoms with Gasteiger partial charge in [0.05, 0.1) is 0 Å². The van der Waals surface area contributed by atoms with E-state index < -0.39 is 19.2 Å². The molecule has 2 aliphatic rings. The first-order valence-corrected chi connectivity index (χ1v) is 11.2. The van der Waals surface area contributed by atoms with Gasteiger partial charge in [0.2, 0.25) is 6.79 Å². The summed E-state index contributed by atoms with van der Waals surface area (Å²) in [6.07, 6.45) is 4.93. The van der Waals surface area contributed by atoms with Gasteiger partial charge in [-0.1, -0.05) is 24.3 Å². The molecule has 0 radical (unpaired) electrons. The lowest BCUT2D eigenvalue weighted by molar-refractivity contribution is 0.0980. The molecule has 1 aromatic heterocycles. The maximum atomic E-state index is 13.4. The standard InChI is InChI=1S/C22H19N2O6P/c1-27-31(26,28-2)22-20(14-5-3-13(4-6-14)15-9-23-11-24-10-15)16-7-18-19(30-12-29-18)8-17(16)21(22)25/h3-11,20,22H,12H2,1-2H3. The third-order valence-electron chi connectivity index (χ3n) is 5.74. The number of rotatable bonds is 5. The van der Waals surface area contributed by atoms with E-state index in [9.17, 15) is 9.36 Å². The second-order valence-corrected chi connectivity index (χ2v) is 9.60. The number of nitrogens with zero attached hydrogens (tertiary/aromatic N) is 2. The first-order valence-electron chi connectivity index (χ1n) is 9.60. The van der Waals surface area contributed by atoms with Crippen molar-refractivity contribution in [3.8, 4) is 22.6 Å². The van der Waals surface area contributed by atoms with E-state index in [1.54, 1.807) is 24.5 Å². The maximum Gasteiger partial charge on any atom is 0.341 e. The number of carbonyl (C=O) groups is 1. The van der Waals surface area contributed by atoms with E-state index in [-0.39, 0.29) is 12.6 Å². The van der Waals surface area contributed by atoms with E-state index in [4.69, 9.17) is 18.5 Å². The molecule has 5 rings (SSSR count). The largest absolute Gasteiger partial charge is 0.454 e. The van der Waals surface area contributed by atoms with Crippen LogP contribution in [0.15, 0.2) is 55.1 Å². The van der Waals surface area contributed by atoms with Crippen LogP contribution in [0.3, 0.4) is 0 Å². The molecule has 2 unspecified atom stereocenters. The van der Waals surface area contributed by atoms with E-state index >= 15 is 0 Å². The molecule has 9 heteroatoms. The Morgan fingerprint density at radius 3 is 2.26 bits per heavy atom. The van der Waals surface area contributed by atoms with Crippen molar-refractivity contribution in [2.24, 2.45) is 0 Å². The van der Waals surface area contributed by atoms with Crippen LogP contribution < -0.4 is 9.47 Å². The third-order valence-corrected chi connectivity index (χ3v) is 7.97. The first-order chi connectivity index (χ1) is 15.1. The lowest BCUT2D eigenvalue weighted by Crippen LogP contribution is -2.23. The van der Waals surface area contributed by atoms with Crippen LogP contribution in [0.25, 0.3) is 11.1 Å². The Balaban J connectivity index is 1.64. The van der Waals surface area contributed by atoms with Crippen LogP contribution in [0.5, 0.6) is 11.5 Å². The highest BCUT2D eigenvalue weighted by molar-refractivity contribution is 7.56. The number of ether oxygens (including phenoxy) is 2. The van der Waals surface area contributed by atoms with Gasteiger partial charge >= 0.3 is 7.60 Å². The van der Waals surface area contributed by atoms with Gasteiger partial charge in [-0.15, -0.1) is 0 Å². The molecular weight excluding hydrogens is 419 g/mol.